The quantitative estimate of drug-likeness (QED) is 0.0169. The van der Waals surface area contributed by atoms with Crippen LogP contribution in [0.25, 0.3) is 0 Å². The Balaban J connectivity index is 1.18. The molecule has 0 aromatic heterocycles. The van der Waals surface area contributed by atoms with E-state index in [1.807, 2.05) is 0 Å². The summed E-state index contributed by atoms with van der Waals surface area (Å²) in [5.74, 6) is -10.4. The minimum atomic E-state index is -2.03. The van der Waals surface area contributed by atoms with Gasteiger partial charge in [0.25, 0.3) is 0 Å². The lowest BCUT2D eigenvalue weighted by molar-refractivity contribution is -0.332. The standard InChI is InChI=1S/C61H101N17O23/c1-27(49(62)88)68-52(91)37-16-11-21-77(37)58(97)38-17-12-22-78(38)56(95)29(3)70-54(93)42(30(4)98-60-44(72-32(6)83)48(46(86)40(26-81)100-60)101-59-43(71-31(5)82)47(87)45(85)39(25-80)99-59)74-50(89)34(24-79)73-41(84)23-67-51(90)35-14-9-19-75(35)55(94)28(2)69-53(92)36-15-10-20-76(36)57(96)33(65-7)13-8-18-66-61(63)64/h27-30,33-40,42-48,59-60,65,79-81,85-87H,8-26H2,1-7H3,(H2,62,88)(H,67,90)(H,68,91)(H,69,92)(H,70,93)(H,71,82)(H,72,83)(H,73,84)(H,74,89)(H4,63,64,66)/t27?,28?,29?,30?,33?,34?,35?,36?,37?,38?,39?,40?,42?,43-,44-,45+,46+,47?,48?,59+,60-/m1/s1. The predicted octanol–water partition coefficient (Wildman–Crippen LogP) is -11.0. The van der Waals surface area contributed by atoms with Crippen LogP contribution in [0, 0.1) is 0 Å². The second kappa shape index (κ2) is 37.7. The first-order valence-electron chi connectivity index (χ1n) is 33.8. The Kier molecular flexibility index (Phi) is 30.6. The lowest BCUT2D eigenvalue weighted by Gasteiger charge is -2.48. The van der Waals surface area contributed by atoms with Crippen LogP contribution in [-0.4, -0.2) is 327 Å². The molecule has 0 aromatic carbocycles. The van der Waals surface area contributed by atoms with Crippen molar-refractivity contribution >= 4 is 82.8 Å². The average Bonchev–Trinajstić information content (AvgIpc) is 1.57. The van der Waals surface area contributed by atoms with E-state index < -0.39 is 225 Å². The molecule has 6 rings (SSSR count). The van der Waals surface area contributed by atoms with Gasteiger partial charge in [0.15, 0.2) is 18.5 Å². The Hall–Kier alpha value is -8.06. The molecule has 40 heteroatoms. The van der Waals surface area contributed by atoms with E-state index in [9.17, 15) is 93.0 Å². The second-order valence-corrected chi connectivity index (χ2v) is 26.0. The summed E-state index contributed by atoms with van der Waals surface area (Å²) in [6, 6.07) is -15.8. The van der Waals surface area contributed by atoms with Crippen LogP contribution in [0.2, 0.25) is 0 Å². The first kappa shape index (κ1) is 81.9. The lowest BCUT2D eigenvalue weighted by atomic mass is 9.94. The highest BCUT2D eigenvalue weighted by atomic mass is 16.7. The van der Waals surface area contributed by atoms with Crippen LogP contribution >= 0.6 is 0 Å². The van der Waals surface area contributed by atoms with Gasteiger partial charge in [-0.15, -0.1) is 0 Å². The molecule has 6 saturated heterocycles. The SMILES string of the molecule is CNC(CCCN=C(N)N)C(=O)N1CCCC1C(=O)NC(C)C(=O)N1CCCC1C(=O)NCC(=O)NC(CO)C(=O)NC(C(=O)NC(C)C(=O)N1CCCC1C(=O)N1CCCC1C(=O)NC(C)C(N)=O)C(C)O[C@@H]1OC(CO)[C@H](O)C(O[C@@H]2OC(CO)[C@H](O)C(O)[C@H]2NC(C)=O)[C@H]1NC(C)=O. The van der Waals surface area contributed by atoms with Gasteiger partial charge in [-0.2, -0.15) is 0 Å². The predicted molar refractivity (Wildman–Crippen MR) is 348 cm³/mol. The van der Waals surface area contributed by atoms with Crippen molar-refractivity contribution in [3.63, 3.8) is 0 Å². The van der Waals surface area contributed by atoms with Gasteiger partial charge in [-0.05, 0) is 99.0 Å². The summed E-state index contributed by atoms with van der Waals surface area (Å²) in [7, 11) is 1.61. The zero-order valence-corrected chi connectivity index (χ0v) is 57.7. The topological polar surface area (TPSA) is 592 Å². The van der Waals surface area contributed by atoms with Crippen LogP contribution in [-0.2, 0) is 81.3 Å². The molecule has 568 valence electrons. The maximum absolute atomic E-state index is 14.8. The highest BCUT2D eigenvalue weighted by molar-refractivity contribution is 5.99. The third-order valence-electron chi connectivity index (χ3n) is 18.6. The molecule has 0 radical (unpaired) electrons. The highest BCUT2D eigenvalue weighted by Gasteiger charge is 2.54. The van der Waals surface area contributed by atoms with E-state index in [1.165, 1.54) is 47.3 Å². The molecule has 6 fully saturated rings. The third-order valence-corrected chi connectivity index (χ3v) is 18.6. The summed E-state index contributed by atoms with van der Waals surface area (Å²) in [5.41, 5.74) is 16.2. The Morgan fingerprint density at radius 2 is 1.06 bits per heavy atom. The van der Waals surface area contributed by atoms with Crippen molar-refractivity contribution in [1.29, 1.82) is 0 Å². The number of aliphatic hydroxyl groups is 6. The number of hydrogen-bond donors (Lipinski definition) is 18. The van der Waals surface area contributed by atoms with E-state index in [4.69, 9.17) is 36.1 Å². The molecule has 15 unspecified atom stereocenters. The molecule has 6 aliphatic heterocycles. The van der Waals surface area contributed by atoms with E-state index in [0.29, 0.717) is 58.0 Å². The smallest absolute Gasteiger partial charge is 0.246 e. The highest BCUT2D eigenvalue weighted by Crippen LogP contribution is 2.32. The van der Waals surface area contributed by atoms with Gasteiger partial charge in [0, 0.05) is 46.6 Å². The van der Waals surface area contributed by atoms with Gasteiger partial charge in [-0.25, -0.2) is 0 Å². The van der Waals surface area contributed by atoms with Crippen LogP contribution in [0.15, 0.2) is 4.99 Å². The van der Waals surface area contributed by atoms with Gasteiger partial charge in [-0.1, -0.05) is 0 Å². The van der Waals surface area contributed by atoms with E-state index in [0.717, 1.165) is 13.8 Å². The maximum Gasteiger partial charge on any atom is 0.246 e. The van der Waals surface area contributed by atoms with Gasteiger partial charge in [0.1, 0.15) is 103 Å². The molecule has 0 bridgehead atoms. The fourth-order valence-electron chi connectivity index (χ4n) is 13.2. The van der Waals surface area contributed by atoms with Crippen molar-refractivity contribution in [3.8, 4) is 0 Å². The van der Waals surface area contributed by atoms with Gasteiger partial charge in [-0.3, -0.25) is 67.3 Å². The molecule has 101 heavy (non-hydrogen) atoms. The first-order valence-corrected chi connectivity index (χ1v) is 33.8. The van der Waals surface area contributed by atoms with Crippen molar-refractivity contribution in [1.82, 2.24) is 67.5 Å². The van der Waals surface area contributed by atoms with E-state index in [-0.39, 0.29) is 50.8 Å². The molecule has 13 amide bonds. The summed E-state index contributed by atoms with van der Waals surface area (Å²) in [5, 5.41) is 87.2. The number of primary amides is 1. The number of guanidine groups is 1. The molecule has 6 heterocycles. The molecule has 40 nitrogen and oxygen atoms in total. The number of likely N-dealkylation sites (N-methyl/N-ethyl adjacent to an activating group) is 1. The Labute approximate surface area is 582 Å². The molecule has 21 atom stereocenters. The largest absolute Gasteiger partial charge is 0.394 e. The number of nitrogens with zero attached hydrogens (tertiary/aromatic N) is 5. The third kappa shape index (κ3) is 21.1. The zero-order valence-electron chi connectivity index (χ0n) is 57.7. The van der Waals surface area contributed by atoms with Crippen molar-refractivity contribution in [2.45, 2.75) is 234 Å². The number of carbonyl (C=O) groups excluding carboxylic acids is 13. The summed E-state index contributed by atoms with van der Waals surface area (Å²) < 4.78 is 24.1. The number of aliphatic hydroxyl groups excluding tert-OH is 6. The van der Waals surface area contributed by atoms with Crippen LogP contribution in [0.1, 0.15) is 106 Å². The lowest BCUT2D eigenvalue weighted by Crippen LogP contribution is -2.70. The number of carbonyl (C=O) groups is 13. The first-order chi connectivity index (χ1) is 47.8. The molecule has 0 aromatic rings. The van der Waals surface area contributed by atoms with E-state index in [1.54, 1.807) is 7.05 Å². The minimum absolute atomic E-state index is 0.0180. The molecular formula is C61H101N17O23. The number of amides is 13. The fourth-order valence-corrected chi connectivity index (χ4v) is 13.2. The normalized spacial score (nSPS) is 28.6. The van der Waals surface area contributed by atoms with Crippen LogP contribution in [0.3, 0.4) is 0 Å². The molecule has 0 aliphatic carbocycles. The molecule has 0 saturated carbocycles. The van der Waals surface area contributed by atoms with Crippen molar-refractivity contribution in [2.75, 3.05) is 66.1 Å². The van der Waals surface area contributed by atoms with Gasteiger partial charge < -0.3 is 134 Å². The average molecular weight is 1440 g/mol. The van der Waals surface area contributed by atoms with E-state index >= 15 is 0 Å². The number of ether oxygens (including phenoxy) is 4. The zero-order chi connectivity index (χ0) is 74.9. The number of hydrogen-bond acceptors (Lipinski definition) is 25. The van der Waals surface area contributed by atoms with Crippen molar-refractivity contribution in [2.24, 2.45) is 22.2 Å². The van der Waals surface area contributed by atoms with Crippen LogP contribution in [0.4, 0.5) is 0 Å². The second-order valence-electron chi connectivity index (χ2n) is 26.0. The van der Waals surface area contributed by atoms with Crippen LogP contribution < -0.4 is 65.1 Å². The maximum atomic E-state index is 14.8. The summed E-state index contributed by atoms with van der Waals surface area (Å²) in [6.45, 7) is 4.29. The number of rotatable bonds is 32. The summed E-state index contributed by atoms with van der Waals surface area (Å²) >= 11 is 0. The number of aliphatic imine (C=N–C) groups is 1. The monoisotopic (exact) mass is 1440 g/mol. The fraction of sp³-hybridized carbons (Fsp3) is 0.770. The number of nitrogens with one attached hydrogen (secondary N) is 9. The van der Waals surface area contributed by atoms with Crippen molar-refractivity contribution in [3.05, 3.63) is 0 Å². The Morgan fingerprint density at radius 1 is 0.564 bits per heavy atom. The minimum Gasteiger partial charge on any atom is -0.394 e. The van der Waals surface area contributed by atoms with E-state index in [2.05, 4.69) is 52.8 Å². The Bertz CT molecular complexity index is 3010. The van der Waals surface area contributed by atoms with Crippen LogP contribution in [0.5, 0.6) is 0 Å². The Morgan fingerprint density at radius 3 is 1.60 bits per heavy atom. The summed E-state index contributed by atoms with van der Waals surface area (Å²) in [6.07, 6.45) is -12.8. The van der Waals surface area contributed by atoms with Crippen molar-refractivity contribution < 1.29 is 112 Å². The molecule has 0 spiro atoms. The number of nitrogens with two attached hydrogens (primary N) is 3. The van der Waals surface area contributed by atoms with Gasteiger partial charge >= 0.3 is 0 Å². The molecule has 21 N–H and O–H groups in total. The number of likely N-dealkylation sites (tertiary alicyclic amines) is 4. The van der Waals surface area contributed by atoms with Gasteiger partial charge in [0.05, 0.1) is 38.5 Å². The van der Waals surface area contributed by atoms with Gasteiger partial charge in [0.2, 0.25) is 76.8 Å². The summed E-state index contributed by atoms with van der Waals surface area (Å²) in [4.78, 5) is 186. The molecular weight excluding hydrogens is 1340 g/mol. The molecule has 6 aliphatic rings.